The van der Waals surface area contributed by atoms with Crippen LogP contribution in [0, 0.1) is 0 Å². The summed E-state index contributed by atoms with van der Waals surface area (Å²) in [5.74, 6) is 0.601. The molecule has 1 rings (SSSR count). The predicted molar refractivity (Wildman–Crippen MR) is 52.8 cm³/mol. The van der Waals surface area contributed by atoms with Crippen LogP contribution in [0.4, 0.5) is 0 Å². The van der Waals surface area contributed by atoms with Crippen molar-refractivity contribution in [2.24, 2.45) is 0 Å². The number of nitrogens with zero attached hydrogens (tertiary/aromatic N) is 1. The van der Waals surface area contributed by atoms with E-state index in [-0.39, 0.29) is 0 Å². The lowest BCUT2D eigenvalue weighted by molar-refractivity contribution is 0.102. The fourth-order valence-electron chi connectivity index (χ4n) is 1.56. The first-order valence-corrected chi connectivity index (χ1v) is 4.91. The van der Waals surface area contributed by atoms with Crippen molar-refractivity contribution in [1.82, 2.24) is 10.2 Å². The fraction of sp³-hybridized carbons (Fsp3) is 1.00. The zero-order valence-corrected chi connectivity index (χ0v) is 8.88. The lowest BCUT2D eigenvalue weighted by Gasteiger charge is -2.43. The van der Waals surface area contributed by atoms with E-state index in [1.54, 1.807) is 0 Å². The zero-order valence-electron chi connectivity index (χ0n) is 7.72. The van der Waals surface area contributed by atoms with E-state index >= 15 is 0 Å². The van der Waals surface area contributed by atoms with Crippen LogP contribution in [0.1, 0.15) is 20.8 Å². The molecule has 0 spiro atoms. The molecule has 3 heteroatoms. The molecule has 66 valence electrons. The summed E-state index contributed by atoms with van der Waals surface area (Å²) in [7, 11) is 2.90. The Morgan fingerprint density at radius 1 is 1.45 bits per heavy atom. The monoisotopic (exact) mass is 174 g/mol. The molecule has 0 amide bonds. The van der Waals surface area contributed by atoms with Gasteiger partial charge in [0.25, 0.3) is 0 Å². The van der Waals surface area contributed by atoms with Crippen LogP contribution < -0.4 is 5.32 Å². The molecule has 1 aliphatic rings. The Morgan fingerprint density at radius 2 is 2.09 bits per heavy atom. The molecule has 2 nitrogen and oxygen atoms in total. The van der Waals surface area contributed by atoms with Crippen molar-refractivity contribution in [3.05, 3.63) is 0 Å². The quantitative estimate of drug-likeness (QED) is 0.549. The second kappa shape index (κ2) is 3.38. The van der Waals surface area contributed by atoms with E-state index in [2.05, 4.69) is 40.2 Å². The first kappa shape index (κ1) is 9.44. The summed E-state index contributed by atoms with van der Waals surface area (Å²) in [6.45, 7) is 10.2. The second-order valence-electron chi connectivity index (χ2n) is 4.14. The molecule has 2 unspecified atom stereocenters. The average molecular weight is 174 g/mol. The minimum absolute atomic E-state index is 0.314. The molecule has 1 saturated heterocycles. The van der Waals surface area contributed by atoms with E-state index in [0.29, 0.717) is 11.3 Å². The summed E-state index contributed by atoms with van der Waals surface area (Å²) in [4.78, 5) is 2.52. The Hall–Kier alpha value is 0.350. The maximum Gasteiger partial charge on any atom is 0.0369 e. The molecule has 1 aliphatic heterocycles. The van der Waals surface area contributed by atoms with Crippen molar-refractivity contribution < 1.29 is 0 Å². The summed E-state index contributed by atoms with van der Waals surface area (Å²) in [5, 5.41) is 3.37. The number of piperazine rings is 1. The molecular formula is C8H19N2P. The normalized spacial score (nSPS) is 28.9. The topological polar surface area (TPSA) is 15.3 Å². The zero-order chi connectivity index (χ0) is 8.48. The highest BCUT2D eigenvalue weighted by molar-refractivity contribution is 7.17. The van der Waals surface area contributed by atoms with Crippen LogP contribution in [0.15, 0.2) is 0 Å². The number of nitrogens with one attached hydrogen (secondary N) is 1. The third-order valence-corrected chi connectivity index (χ3v) is 2.74. The Kier molecular flexibility index (Phi) is 2.90. The minimum atomic E-state index is 0.314. The van der Waals surface area contributed by atoms with Gasteiger partial charge in [-0.15, -0.1) is 9.24 Å². The molecule has 11 heavy (non-hydrogen) atoms. The van der Waals surface area contributed by atoms with E-state index in [1.165, 1.54) is 0 Å². The van der Waals surface area contributed by atoms with Crippen LogP contribution in [0.5, 0.6) is 0 Å². The summed E-state index contributed by atoms with van der Waals surface area (Å²) < 4.78 is 0. The third kappa shape index (κ3) is 2.40. The van der Waals surface area contributed by atoms with Crippen LogP contribution in [0.3, 0.4) is 0 Å². The molecule has 0 bridgehead atoms. The summed E-state index contributed by atoms with van der Waals surface area (Å²) in [6.07, 6.45) is 0. The fourth-order valence-corrected chi connectivity index (χ4v) is 2.32. The van der Waals surface area contributed by atoms with Gasteiger partial charge < -0.3 is 5.32 Å². The van der Waals surface area contributed by atoms with Crippen LogP contribution in [-0.2, 0) is 0 Å². The minimum Gasteiger partial charge on any atom is -0.314 e. The molecule has 1 fully saturated rings. The highest BCUT2D eigenvalue weighted by atomic mass is 31.0. The van der Waals surface area contributed by atoms with Gasteiger partial charge in [0, 0.05) is 31.0 Å². The first-order valence-electron chi connectivity index (χ1n) is 4.25. The largest absolute Gasteiger partial charge is 0.314 e. The highest BCUT2D eigenvalue weighted by Crippen LogP contribution is 2.21. The number of hydrogen-bond donors (Lipinski definition) is 1. The maximum absolute atomic E-state index is 3.37. The number of hydrogen-bond acceptors (Lipinski definition) is 2. The lowest BCUT2D eigenvalue weighted by Crippen LogP contribution is -2.55. The van der Waals surface area contributed by atoms with Crippen LogP contribution in [0.2, 0.25) is 0 Å². The van der Waals surface area contributed by atoms with Gasteiger partial charge in [0.1, 0.15) is 0 Å². The van der Waals surface area contributed by atoms with Crippen LogP contribution in [0.25, 0.3) is 0 Å². The Balaban J connectivity index is 2.55. The van der Waals surface area contributed by atoms with Gasteiger partial charge >= 0.3 is 0 Å². The van der Waals surface area contributed by atoms with Gasteiger partial charge in [0.2, 0.25) is 0 Å². The van der Waals surface area contributed by atoms with Gasteiger partial charge in [-0.2, -0.15) is 0 Å². The Morgan fingerprint density at radius 3 is 2.45 bits per heavy atom. The SMILES string of the molecule is CC(C)(C)N1CCNCC1P. The molecule has 1 heterocycles. The molecule has 2 atom stereocenters. The lowest BCUT2D eigenvalue weighted by atomic mass is 10.1. The van der Waals surface area contributed by atoms with Gasteiger partial charge in [-0.05, 0) is 20.8 Å². The number of rotatable bonds is 0. The van der Waals surface area contributed by atoms with E-state index in [4.69, 9.17) is 0 Å². The third-order valence-electron chi connectivity index (χ3n) is 2.14. The Bertz CT molecular complexity index is 131. The van der Waals surface area contributed by atoms with E-state index in [0.717, 1.165) is 19.6 Å². The molecule has 0 aromatic carbocycles. The summed E-state index contributed by atoms with van der Waals surface area (Å²) >= 11 is 0. The maximum atomic E-state index is 3.37. The van der Waals surface area contributed by atoms with Crippen LogP contribution >= 0.6 is 9.24 Å². The van der Waals surface area contributed by atoms with Crippen molar-refractivity contribution >= 4 is 9.24 Å². The average Bonchev–Trinajstić information content (AvgIpc) is 1.86. The van der Waals surface area contributed by atoms with Gasteiger partial charge in [-0.1, -0.05) is 0 Å². The van der Waals surface area contributed by atoms with E-state index in [9.17, 15) is 0 Å². The standard InChI is InChI=1S/C8H19N2P/c1-8(2,3)10-5-4-9-6-7(10)11/h7,9H,4-6,11H2,1-3H3. The second-order valence-corrected chi connectivity index (χ2v) is 4.91. The van der Waals surface area contributed by atoms with E-state index < -0.39 is 0 Å². The van der Waals surface area contributed by atoms with Crippen molar-refractivity contribution in [3.63, 3.8) is 0 Å². The van der Waals surface area contributed by atoms with Gasteiger partial charge in [-0.25, -0.2) is 0 Å². The smallest absolute Gasteiger partial charge is 0.0369 e. The van der Waals surface area contributed by atoms with Crippen LogP contribution in [-0.4, -0.2) is 35.9 Å². The van der Waals surface area contributed by atoms with Gasteiger partial charge in [-0.3, -0.25) is 4.90 Å². The molecule has 0 aromatic rings. The van der Waals surface area contributed by atoms with E-state index in [1.807, 2.05) is 0 Å². The molecule has 1 N–H and O–H groups in total. The first-order chi connectivity index (χ1) is 5.02. The van der Waals surface area contributed by atoms with Crippen molar-refractivity contribution in [2.45, 2.75) is 32.1 Å². The predicted octanol–water partition coefficient (Wildman–Crippen LogP) is 0.891. The molecule has 0 saturated carbocycles. The highest BCUT2D eigenvalue weighted by Gasteiger charge is 2.27. The van der Waals surface area contributed by atoms with Crippen molar-refractivity contribution in [2.75, 3.05) is 19.6 Å². The summed E-state index contributed by atoms with van der Waals surface area (Å²) in [6, 6.07) is 0. The molecule has 0 aliphatic carbocycles. The summed E-state index contributed by atoms with van der Waals surface area (Å²) in [5.41, 5.74) is 0.314. The van der Waals surface area contributed by atoms with Crippen molar-refractivity contribution in [1.29, 1.82) is 0 Å². The molecule has 0 aromatic heterocycles. The van der Waals surface area contributed by atoms with Crippen molar-refractivity contribution in [3.8, 4) is 0 Å². The molecular weight excluding hydrogens is 155 g/mol. The van der Waals surface area contributed by atoms with Gasteiger partial charge in [0.05, 0.1) is 0 Å². The molecule has 0 radical (unpaired) electrons. The van der Waals surface area contributed by atoms with Gasteiger partial charge in [0.15, 0.2) is 0 Å². The Labute approximate surface area is 71.9 Å².